The predicted molar refractivity (Wildman–Crippen MR) is 78.6 cm³/mol. The highest BCUT2D eigenvalue weighted by Gasteiger charge is 1.96. The second kappa shape index (κ2) is 6.40. The molecule has 5 nitrogen and oxygen atoms in total. The SMILES string of the molecule is CN(C)c1ccc(N=Nc2ccc(S(=O)[O-])cc2)cc1. The number of anilines is 1. The van der Waals surface area contributed by atoms with Gasteiger partial charge >= 0.3 is 0 Å². The largest absolute Gasteiger partial charge is 0.768 e. The molecule has 0 aliphatic heterocycles. The normalized spacial score (nSPS) is 12.6. The molecule has 0 bridgehead atoms. The van der Waals surface area contributed by atoms with Crippen LogP contribution >= 0.6 is 0 Å². The fourth-order valence-corrected chi connectivity index (χ4v) is 1.92. The first-order valence-electron chi connectivity index (χ1n) is 5.95. The summed E-state index contributed by atoms with van der Waals surface area (Å²) in [6, 6.07) is 13.9. The first-order chi connectivity index (χ1) is 9.56. The van der Waals surface area contributed by atoms with E-state index in [2.05, 4.69) is 10.2 Å². The lowest BCUT2D eigenvalue weighted by Gasteiger charge is -2.11. The first-order valence-corrected chi connectivity index (χ1v) is 7.02. The van der Waals surface area contributed by atoms with E-state index in [1.54, 1.807) is 12.1 Å². The van der Waals surface area contributed by atoms with Gasteiger partial charge in [0.2, 0.25) is 0 Å². The van der Waals surface area contributed by atoms with Crippen LogP contribution in [-0.2, 0) is 11.1 Å². The molecule has 1 unspecified atom stereocenters. The van der Waals surface area contributed by atoms with Gasteiger partial charge in [0.25, 0.3) is 0 Å². The van der Waals surface area contributed by atoms with E-state index in [1.165, 1.54) is 12.1 Å². The van der Waals surface area contributed by atoms with Gasteiger partial charge in [0.15, 0.2) is 0 Å². The average molecular weight is 288 g/mol. The van der Waals surface area contributed by atoms with Crippen molar-refractivity contribution in [3.63, 3.8) is 0 Å². The lowest BCUT2D eigenvalue weighted by molar-refractivity contribution is 0.537. The summed E-state index contributed by atoms with van der Waals surface area (Å²) in [5.41, 5.74) is 2.44. The second-order valence-electron chi connectivity index (χ2n) is 4.34. The van der Waals surface area contributed by atoms with Crippen LogP contribution < -0.4 is 4.90 Å². The zero-order valence-corrected chi connectivity index (χ0v) is 12.0. The molecule has 0 radical (unpaired) electrons. The molecule has 20 heavy (non-hydrogen) atoms. The third kappa shape index (κ3) is 3.72. The Bertz CT molecular complexity index is 622. The maximum atomic E-state index is 10.7. The highest BCUT2D eigenvalue weighted by Crippen LogP contribution is 2.21. The van der Waals surface area contributed by atoms with Gasteiger partial charge in [-0.15, -0.1) is 0 Å². The number of rotatable bonds is 4. The fraction of sp³-hybridized carbons (Fsp3) is 0.143. The van der Waals surface area contributed by atoms with Gasteiger partial charge in [-0.25, -0.2) is 0 Å². The van der Waals surface area contributed by atoms with Crippen LogP contribution in [0, 0.1) is 0 Å². The van der Waals surface area contributed by atoms with E-state index < -0.39 is 11.1 Å². The molecule has 0 aromatic heterocycles. The number of azo groups is 1. The lowest BCUT2D eigenvalue weighted by atomic mass is 10.3. The topological polar surface area (TPSA) is 68.1 Å². The molecule has 0 fully saturated rings. The summed E-state index contributed by atoms with van der Waals surface area (Å²) < 4.78 is 21.4. The molecule has 0 N–H and O–H groups in total. The van der Waals surface area contributed by atoms with E-state index >= 15 is 0 Å². The lowest BCUT2D eigenvalue weighted by Crippen LogP contribution is -2.07. The molecule has 1 atom stereocenters. The van der Waals surface area contributed by atoms with E-state index in [1.807, 2.05) is 43.3 Å². The molecule has 2 aromatic carbocycles. The van der Waals surface area contributed by atoms with Gasteiger partial charge in [-0.2, -0.15) is 10.2 Å². The van der Waals surface area contributed by atoms with Crippen LogP contribution in [0.2, 0.25) is 0 Å². The maximum absolute atomic E-state index is 10.7. The van der Waals surface area contributed by atoms with Crippen LogP contribution in [-0.4, -0.2) is 22.9 Å². The summed E-state index contributed by atoms with van der Waals surface area (Å²) in [6.45, 7) is 0. The molecule has 0 aliphatic rings. The molecule has 2 rings (SSSR count). The molecule has 0 saturated carbocycles. The minimum Gasteiger partial charge on any atom is -0.768 e. The highest BCUT2D eigenvalue weighted by atomic mass is 32.2. The van der Waals surface area contributed by atoms with Crippen LogP contribution in [0.15, 0.2) is 63.7 Å². The Hall–Kier alpha value is -2.05. The van der Waals surface area contributed by atoms with E-state index in [0.717, 1.165) is 11.4 Å². The smallest absolute Gasteiger partial charge is 0.0858 e. The van der Waals surface area contributed by atoms with Crippen LogP contribution in [0.25, 0.3) is 0 Å². The van der Waals surface area contributed by atoms with Gasteiger partial charge in [-0.3, -0.25) is 4.21 Å². The first kappa shape index (κ1) is 14.4. The van der Waals surface area contributed by atoms with Crippen molar-refractivity contribution >= 4 is 28.1 Å². The molecule has 2 aromatic rings. The van der Waals surface area contributed by atoms with Crippen molar-refractivity contribution in [2.24, 2.45) is 10.2 Å². The third-order valence-corrected chi connectivity index (χ3v) is 3.33. The monoisotopic (exact) mass is 288 g/mol. The molecule has 0 aliphatic carbocycles. The van der Waals surface area contributed by atoms with Crippen molar-refractivity contribution < 1.29 is 8.76 Å². The molecule has 0 heterocycles. The predicted octanol–water partition coefficient (Wildman–Crippen LogP) is 3.41. The van der Waals surface area contributed by atoms with Crippen LogP contribution in [0.1, 0.15) is 0 Å². The van der Waals surface area contributed by atoms with Gasteiger partial charge in [0.1, 0.15) is 0 Å². The fourth-order valence-electron chi connectivity index (χ4n) is 1.56. The quantitative estimate of drug-likeness (QED) is 0.639. The van der Waals surface area contributed by atoms with E-state index in [0.29, 0.717) is 5.69 Å². The molecule has 6 heteroatoms. The van der Waals surface area contributed by atoms with Crippen molar-refractivity contribution in [3.05, 3.63) is 48.5 Å². The summed E-state index contributed by atoms with van der Waals surface area (Å²) in [6.07, 6.45) is 0. The highest BCUT2D eigenvalue weighted by molar-refractivity contribution is 7.79. The van der Waals surface area contributed by atoms with Gasteiger partial charge in [-0.05, 0) is 59.6 Å². The zero-order valence-electron chi connectivity index (χ0n) is 11.2. The Kier molecular flexibility index (Phi) is 4.60. The Labute approximate surface area is 120 Å². The van der Waals surface area contributed by atoms with Gasteiger partial charge in [0.05, 0.1) is 11.4 Å². The van der Waals surface area contributed by atoms with Gasteiger partial charge in [0, 0.05) is 24.7 Å². The van der Waals surface area contributed by atoms with E-state index in [-0.39, 0.29) is 4.90 Å². The minimum atomic E-state index is -2.21. The number of hydrogen-bond donors (Lipinski definition) is 0. The minimum absolute atomic E-state index is 0.235. The molecular weight excluding hydrogens is 274 g/mol. The summed E-state index contributed by atoms with van der Waals surface area (Å²) in [7, 11) is 3.94. The summed E-state index contributed by atoms with van der Waals surface area (Å²) >= 11 is -2.21. The molecule has 104 valence electrons. The molecule has 0 amide bonds. The van der Waals surface area contributed by atoms with Crippen LogP contribution in [0.4, 0.5) is 17.1 Å². The zero-order chi connectivity index (χ0) is 14.5. The Morgan fingerprint density at radius 1 is 0.900 bits per heavy atom. The Morgan fingerprint density at radius 3 is 1.75 bits per heavy atom. The van der Waals surface area contributed by atoms with E-state index in [4.69, 9.17) is 0 Å². The van der Waals surface area contributed by atoms with Crippen molar-refractivity contribution in [3.8, 4) is 0 Å². The molecule has 0 saturated heterocycles. The van der Waals surface area contributed by atoms with Gasteiger partial charge in [-0.1, -0.05) is 0 Å². The molecule has 0 spiro atoms. The Morgan fingerprint density at radius 2 is 1.35 bits per heavy atom. The molecular formula is C14H14N3O2S-. The average Bonchev–Trinajstić information content (AvgIpc) is 2.46. The van der Waals surface area contributed by atoms with Crippen molar-refractivity contribution in [1.29, 1.82) is 0 Å². The number of nitrogens with zero attached hydrogens (tertiary/aromatic N) is 3. The summed E-state index contributed by atoms with van der Waals surface area (Å²) in [4.78, 5) is 2.24. The standard InChI is InChI=1S/C14H15N3O2S/c1-17(2)13-7-3-11(4-8-13)15-16-12-5-9-14(10-6-12)20(18)19/h3-10H,1-2H3,(H,18,19)/p-1. The Balaban J connectivity index is 2.10. The van der Waals surface area contributed by atoms with Gasteiger partial charge < -0.3 is 9.45 Å². The second-order valence-corrected chi connectivity index (χ2v) is 5.28. The van der Waals surface area contributed by atoms with Crippen molar-refractivity contribution in [2.45, 2.75) is 4.90 Å². The number of hydrogen-bond acceptors (Lipinski definition) is 5. The number of benzene rings is 2. The maximum Gasteiger partial charge on any atom is 0.0858 e. The summed E-state index contributed by atoms with van der Waals surface area (Å²) in [5.74, 6) is 0. The van der Waals surface area contributed by atoms with Crippen LogP contribution in [0.5, 0.6) is 0 Å². The third-order valence-electron chi connectivity index (χ3n) is 2.68. The van der Waals surface area contributed by atoms with E-state index in [9.17, 15) is 8.76 Å². The summed E-state index contributed by atoms with van der Waals surface area (Å²) in [5, 5.41) is 8.17. The van der Waals surface area contributed by atoms with Crippen molar-refractivity contribution in [1.82, 2.24) is 0 Å². The van der Waals surface area contributed by atoms with Crippen LogP contribution in [0.3, 0.4) is 0 Å². The van der Waals surface area contributed by atoms with Crippen molar-refractivity contribution in [2.75, 3.05) is 19.0 Å².